The smallest absolute Gasteiger partial charge is 0.254 e. The van der Waals surface area contributed by atoms with E-state index in [0.29, 0.717) is 5.78 Å². The van der Waals surface area contributed by atoms with Crippen LogP contribution in [0.1, 0.15) is 5.69 Å². The van der Waals surface area contributed by atoms with Gasteiger partial charge >= 0.3 is 0 Å². The van der Waals surface area contributed by atoms with E-state index in [-0.39, 0.29) is 0 Å². The van der Waals surface area contributed by atoms with Gasteiger partial charge in [0.25, 0.3) is 5.78 Å². The summed E-state index contributed by atoms with van der Waals surface area (Å²) in [6, 6.07) is 2.05. The van der Waals surface area contributed by atoms with Gasteiger partial charge in [-0.1, -0.05) is 0 Å². The molecule has 2 aromatic rings. The molecule has 1 aliphatic rings. The molecule has 0 radical (unpaired) electrons. The Morgan fingerprint density at radius 3 is 2.95 bits per heavy atom. The molecular formula is C13H21N7. The van der Waals surface area contributed by atoms with E-state index in [2.05, 4.69) is 43.3 Å². The van der Waals surface area contributed by atoms with E-state index in [1.807, 2.05) is 6.92 Å². The quantitative estimate of drug-likeness (QED) is 0.832. The van der Waals surface area contributed by atoms with Crippen LogP contribution in [0.2, 0.25) is 0 Å². The number of rotatable bonds is 4. The highest BCUT2D eigenvalue weighted by Crippen LogP contribution is 2.14. The predicted octanol–water partition coefficient (Wildman–Crippen LogP) is -0.226. The molecule has 0 amide bonds. The molecule has 3 heterocycles. The van der Waals surface area contributed by atoms with Gasteiger partial charge in [0.1, 0.15) is 12.1 Å². The van der Waals surface area contributed by atoms with Crippen molar-refractivity contribution in [1.29, 1.82) is 0 Å². The van der Waals surface area contributed by atoms with Crippen molar-refractivity contribution in [3.8, 4) is 0 Å². The van der Waals surface area contributed by atoms with Crippen LogP contribution in [0.4, 0.5) is 5.82 Å². The standard InChI is InChI=1S/C13H21N7/c1-11-9-12(20-13(17-11)15-10-16-20)18(2)7-8-19-5-3-14-4-6-19/h9-10,14H,3-8H2,1-2H3. The number of fused-ring (bicyclic) bond motifs is 1. The molecule has 20 heavy (non-hydrogen) atoms. The van der Waals surface area contributed by atoms with Gasteiger partial charge < -0.3 is 10.2 Å². The van der Waals surface area contributed by atoms with Gasteiger partial charge in [-0.05, 0) is 6.92 Å². The van der Waals surface area contributed by atoms with Gasteiger partial charge in [-0.2, -0.15) is 14.6 Å². The fourth-order valence-electron chi connectivity index (χ4n) is 2.52. The first-order valence-electron chi connectivity index (χ1n) is 7.05. The molecule has 3 rings (SSSR count). The molecule has 7 heteroatoms. The molecular weight excluding hydrogens is 254 g/mol. The van der Waals surface area contributed by atoms with E-state index in [9.17, 15) is 0 Å². The zero-order chi connectivity index (χ0) is 13.9. The van der Waals surface area contributed by atoms with Crippen LogP contribution >= 0.6 is 0 Å². The molecule has 1 aliphatic heterocycles. The van der Waals surface area contributed by atoms with Gasteiger partial charge in [0.15, 0.2) is 0 Å². The van der Waals surface area contributed by atoms with E-state index >= 15 is 0 Å². The second-order valence-electron chi connectivity index (χ2n) is 5.24. The number of hydrogen-bond donors (Lipinski definition) is 1. The molecule has 0 unspecified atom stereocenters. The van der Waals surface area contributed by atoms with Crippen LogP contribution in [0.25, 0.3) is 5.78 Å². The third-order valence-electron chi connectivity index (χ3n) is 3.71. The van der Waals surface area contributed by atoms with Crippen LogP contribution in [-0.2, 0) is 0 Å². The van der Waals surface area contributed by atoms with Crippen molar-refractivity contribution in [3.05, 3.63) is 18.1 Å². The first-order valence-corrected chi connectivity index (χ1v) is 7.05. The minimum Gasteiger partial charge on any atom is -0.358 e. The Morgan fingerprint density at radius 1 is 1.35 bits per heavy atom. The van der Waals surface area contributed by atoms with Crippen LogP contribution in [0, 0.1) is 6.92 Å². The highest BCUT2D eigenvalue weighted by atomic mass is 15.4. The first-order chi connectivity index (χ1) is 9.74. The monoisotopic (exact) mass is 275 g/mol. The summed E-state index contributed by atoms with van der Waals surface area (Å²) in [5.41, 5.74) is 0.967. The SMILES string of the molecule is Cc1cc(N(C)CCN2CCNCC2)n2ncnc2n1. The Morgan fingerprint density at radius 2 is 2.15 bits per heavy atom. The molecule has 0 saturated carbocycles. The Balaban J connectivity index is 1.71. The Labute approximate surface area is 118 Å². The molecule has 0 bridgehead atoms. The van der Waals surface area contributed by atoms with Crippen LogP contribution < -0.4 is 10.2 Å². The highest BCUT2D eigenvalue weighted by Gasteiger charge is 2.13. The maximum atomic E-state index is 4.37. The summed E-state index contributed by atoms with van der Waals surface area (Å²) in [6.07, 6.45) is 1.55. The van der Waals surface area contributed by atoms with Crippen molar-refractivity contribution in [2.24, 2.45) is 0 Å². The lowest BCUT2D eigenvalue weighted by molar-refractivity contribution is 0.246. The van der Waals surface area contributed by atoms with Gasteiger partial charge in [0, 0.05) is 58.1 Å². The minimum absolute atomic E-state index is 0.661. The molecule has 0 spiro atoms. The normalized spacial score (nSPS) is 16.7. The molecule has 0 aliphatic carbocycles. The summed E-state index contributed by atoms with van der Waals surface area (Å²) in [4.78, 5) is 13.2. The second-order valence-corrected chi connectivity index (χ2v) is 5.24. The number of nitrogens with zero attached hydrogens (tertiary/aromatic N) is 6. The largest absolute Gasteiger partial charge is 0.358 e. The second kappa shape index (κ2) is 5.72. The van der Waals surface area contributed by atoms with E-state index in [1.165, 1.54) is 0 Å². The zero-order valence-electron chi connectivity index (χ0n) is 12.1. The average molecular weight is 275 g/mol. The number of hydrogen-bond acceptors (Lipinski definition) is 6. The molecule has 1 N–H and O–H groups in total. The summed E-state index contributed by atoms with van der Waals surface area (Å²) in [5, 5.41) is 7.63. The van der Waals surface area contributed by atoms with E-state index in [4.69, 9.17) is 0 Å². The number of aromatic nitrogens is 4. The molecule has 1 fully saturated rings. The maximum Gasteiger partial charge on any atom is 0.254 e. The van der Waals surface area contributed by atoms with Gasteiger partial charge in [-0.3, -0.25) is 4.90 Å². The fraction of sp³-hybridized carbons (Fsp3) is 0.615. The number of likely N-dealkylation sites (N-methyl/N-ethyl adjacent to an activating group) is 1. The Bertz CT molecular complexity index is 573. The molecule has 2 aromatic heterocycles. The zero-order valence-corrected chi connectivity index (χ0v) is 12.1. The average Bonchev–Trinajstić information content (AvgIpc) is 2.93. The summed E-state index contributed by atoms with van der Waals surface area (Å²) in [5.74, 6) is 1.70. The maximum absolute atomic E-state index is 4.37. The lowest BCUT2D eigenvalue weighted by Crippen LogP contribution is -2.46. The van der Waals surface area contributed by atoms with Crippen molar-refractivity contribution < 1.29 is 0 Å². The summed E-state index contributed by atoms with van der Waals surface area (Å²) >= 11 is 0. The van der Waals surface area contributed by atoms with Crippen molar-refractivity contribution in [2.45, 2.75) is 6.92 Å². The van der Waals surface area contributed by atoms with Crippen molar-refractivity contribution >= 4 is 11.6 Å². The fourth-order valence-corrected chi connectivity index (χ4v) is 2.52. The summed E-state index contributed by atoms with van der Waals surface area (Å²) < 4.78 is 1.80. The lowest BCUT2D eigenvalue weighted by atomic mass is 10.3. The highest BCUT2D eigenvalue weighted by molar-refractivity contribution is 5.46. The van der Waals surface area contributed by atoms with Crippen molar-refractivity contribution in [2.75, 3.05) is 51.2 Å². The molecule has 0 aromatic carbocycles. The summed E-state index contributed by atoms with van der Waals surface area (Å²) in [6.45, 7) is 8.46. The molecule has 108 valence electrons. The van der Waals surface area contributed by atoms with Crippen LogP contribution in [0.5, 0.6) is 0 Å². The van der Waals surface area contributed by atoms with Crippen LogP contribution in [-0.4, -0.2) is 70.8 Å². The topological polar surface area (TPSA) is 61.6 Å². The predicted molar refractivity (Wildman–Crippen MR) is 78.1 cm³/mol. The third-order valence-corrected chi connectivity index (χ3v) is 3.71. The van der Waals surface area contributed by atoms with Gasteiger partial charge in [0.2, 0.25) is 0 Å². The van der Waals surface area contributed by atoms with Crippen molar-refractivity contribution in [1.82, 2.24) is 29.8 Å². The number of aryl methyl sites for hydroxylation is 1. The van der Waals surface area contributed by atoms with Crippen LogP contribution in [0.15, 0.2) is 12.4 Å². The van der Waals surface area contributed by atoms with E-state index < -0.39 is 0 Å². The number of anilines is 1. The Kier molecular flexibility index (Phi) is 3.79. The Hall–Kier alpha value is -1.73. The number of nitrogens with one attached hydrogen (secondary N) is 1. The van der Waals surface area contributed by atoms with Gasteiger partial charge in [-0.25, -0.2) is 4.98 Å². The minimum atomic E-state index is 0.661. The first kappa shape index (κ1) is 13.3. The molecule has 0 atom stereocenters. The number of piperazine rings is 1. The van der Waals surface area contributed by atoms with E-state index in [0.717, 1.165) is 50.8 Å². The van der Waals surface area contributed by atoms with E-state index in [1.54, 1.807) is 10.8 Å². The third kappa shape index (κ3) is 2.73. The summed E-state index contributed by atoms with van der Waals surface area (Å²) in [7, 11) is 2.10. The lowest BCUT2D eigenvalue weighted by Gasteiger charge is -2.29. The van der Waals surface area contributed by atoms with Crippen LogP contribution in [0.3, 0.4) is 0 Å². The molecule has 7 nitrogen and oxygen atoms in total. The van der Waals surface area contributed by atoms with Gasteiger partial charge in [-0.15, -0.1) is 0 Å². The van der Waals surface area contributed by atoms with Gasteiger partial charge in [0.05, 0.1) is 0 Å². The molecule has 1 saturated heterocycles. The van der Waals surface area contributed by atoms with Crippen molar-refractivity contribution in [3.63, 3.8) is 0 Å².